The smallest absolute Gasteiger partial charge is 0.335 e. The van der Waals surface area contributed by atoms with Gasteiger partial charge in [-0.15, -0.1) is 0 Å². The quantitative estimate of drug-likeness (QED) is 0.291. The third-order valence-corrected chi connectivity index (χ3v) is 5.93. The Hall–Kier alpha value is -5.26. The maximum Gasteiger partial charge on any atom is 0.335 e. The van der Waals surface area contributed by atoms with Crippen molar-refractivity contribution >= 4 is 35.0 Å². The number of anilines is 1. The van der Waals surface area contributed by atoms with E-state index in [1.54, 1.807) is 43.3 Å². The molecule has 0 saturated carbocycles. The predicted octanol–water partition coefficient (Wildman–Crippen LogP) is 1.93. The zero-order valence-corrected chi connectivity index (χ0v) is 20.1. The van der Waals surface area contributed by atoms with E-state index in [1.165, 1.54) is 22.8 Å². The number of carbonyl (C=O) groups excluding carboxylic acids is 3. The fourth-order valence-corrected chi connectivity index (χ4v) is 4.05. The lowest BCUT2D eigenvalue weighted by Crippen LogP contribution is -2.29. The van der Waals surface area contributed by atoms with Gasteiger partial charge in [-0.2, -0.15) is 5.10 Å². The Morgan fingerprint density at radius 2 is 1.76 bits per heavy atom. The lowest BCUT2D eigenvalue weighted by Gasteiger charge is -2.18. The molecular weight excluding hydrogens is 492 g/mol. The molecule has 1 aliphatic heterocycles. The molecule has 0 saturated heterocycles. The third-order valence-electron chi connectivity index (χ3n) is 5.93. The van der Waals surface area contributed by atoms with Crippen molar-refractivity contribution in [2.75, 3.05) is 11.9 Å². The number of fused-ring (bicyclic) bond motifs is 2. The van der Waals surface area contributed by atoms with Crippen LogP contribution in [0.5, 0.6) is 5.75 Å². The molecular formula is C26H22N6O6. The summed E-state index contributed by atoms with van der Waals surface area (Å²) in [5.74, 6) is -1.71. The van der Waals surface area contributed by atoms with Crippen LogP contribution < -0.4 is 20.7 Å². The van der Waals surface area contributed by atoms with Gasteiger partial charge in [-0.05, 0) is 41.8 Å². The van der Waals surface area contributed by atoms with Gasteiger partial charge in [0.25, 0.3) is 17.7 Å². The number of amides is 3. The highest BCUT2D eigenvalue weighted by Gasteiger charge is 2.19. The number of aromatic carboxylic acids is 1. The molecule has 192 valence electrons. The molecule has 12 heteroatoms. The van der Waals surface area contributed by atoms with Crippen LogP contribution >= 0.6 is 0 Å². The number of carboxylic acids is 1. The molecule has 2 aromatic carbocycles. The molecule has 0 spiro atoms. The van der Waals surface area contributed by atoms with Crippen LogP contribution in [-0.4, -0.2) is 50.0 Å². The van der Waals surface area contributed by atoms with Gasteiger partial charge < -0.3 is 25.8 Å². The van der Waals surface area contributed by atoms with E-state index < -0.39 is 17.8 Å². The van der Waals surface area contributed by atoms with Crippen molar-refractivity contribution < 1.29 is 29.0 Å². The highest BCUT2D eigenvalue weighted by molar-refractivity contribution is 5.98. The second-order valence-electron chi connectivity index (χ2n) is 8.61. The molecule has 3 amide bonds. The molecule has 4 aromatic rings. The van der Waals surface area contributed by atoms with Crippen LogP contribution in [0.3, 0.4) is 0 Å². The maximum atomic E-state index is 13.1. The van der Waals surface area contributed by atoms with E-state index in [1.807, 2.05) is 0 Å². The lowest BCUT2D eigenvalue weighted by atomic mass is 10.1. The van der Waals surface area contributed by atoms with Gasteiger partial charge in [0.15, 0.2) is 12.3 Å². The van der Waals surface area contributed by atoms with Gasteiger partial charge in [0, 0.05) is 25.2 Å². The molecule has 5 rings (SSSR count). The molecule has 1 aliphatic rings. The lowest BCUT2D eigenvalue weighted by molar-refractivity contribution is -0.118. The Morgan fingerprint density at radius 1 is 1.03 bits per heavy atom. The number of hydrogen-bond donors (Lipinski definition) is 4. The summed E-state index contributed by atoms with van der Waals surface area (Å²) in [7, 11) is 0. The molecule has 12 nitrogen and oxygen atoms in total. The minimum atomic E-state index is -1.02. The Kier molecular flexibility index (Phi) is 6.44. The van der Waals surface area contributed by atoms with E-state index in [4.69, 9.17) is 4.74 Å². The van der Waals surface area contributed by atoms with E-state index >= 15 is 0 Å². The van der Waals surface area contributed by atoms with Crippen LogP contribution in [0.4, 0.5) is 5.69 Å². The number of carboxylic acid groups (broad SMARTS) is 1. The van der Waals surface area contributed by atoms with E-state index in [2.05, 4.69) is 26.0 Å². The van der Waals surface area contributed by atoms with Crippen LogP contribution in [0.1, 0.15) is 48.0 Å². The van der Waals surface area contributed by atoms with Crippen LogP contribution in [0.15, 0.2) is 54.7 Å². The molecule has 0 radical (unpaired) electrons. The first-order valence-corrected chi connectivity index (χ1v) is 11.6. The Bertz CT molecular complexity index is 1610. The topological polar surface area (TPSA) is 164 Å². The first kappa shape index (κ1) is 24.4. The van der Waals surface area contributed by atoms with Crippen LogP contribution in [0.25, 0.3) is 5.65 Å². The molecule has 0 fully saturated rings. The molecule has 0 atom stereocenters. The fourth-order valence-electron chi connectivity index (χ4n) is 4.05. The van der Waals surface area contributed by atoms with E-state index in [9.17, 15) is 24.3 Å². The molecule has 0 bridgehead atoms. The second-order valence-corrected chi connectivity index (χ2v) is 8.61. The molecule has 3 heterocycles. The van der Waals surface area contributed by atoms with Crippen molar-refractivity contribution in [2.24, 2.45) is 0 Å². The first-order chi connectivity index (χ1) is 18.3. The summed E-state index contributed by atoms with van der Waals surface area (Å²) in [6.07, 6.45) is 1.47. The monoisotopic (exact) mass is 514 g/mol. The van der Waals surface area contributed by atoms with Crippen LogP contribution in [-0.2, 0) is 17.9 Å². The van der Waals surface area contributed by atoms with Gasteiger partial charge in [0.1, 0.15) is 17.1 Å². The SMILES string of the molecule is Cc1cc(CNC(=O)c2cc(C(=O)NCc3ccc4c(c3)NC(=O)CO4)n3nccc3n2)ccc1C(=O)O. The summed E-state index contributed by atoms with van der Waals surface area (Å²) < 4.78 is 6.68. The number of aryl methyl sites for hydroxylation is 1. The van der Waals surface area contributed by atoms with Gasteiger partial charge in [-0.25, -0.2) is 14.3 Å². The van der Waals surface area contributed by atoms with Gasteiger partial charge in [-0.1, -0.05) is 18.2 Å². The normalized spacial score (nSPS) is 12.3. The number of ether oxygens (including phenoxy) is 1. The summed E-state index contributed by atoms with van der Waals surface area (Å²) in [6.45, 7) is 1.94. The van der Waals surface area contributed by atoms with Gasteiger partial charge in [0.2, 0.25) is 0 Å². The summed E-state index contributed by atoms with van der Waals surface area (Å²) in [6, 6.07) is 12.9. The number of hydrogen-bond acceptors (Lipinski definition) is 7. The number of carbonyl (C=O) groups is 4. The average Bonchev–Trinajstić information content (AvgIpc) is 3.38. The summed E-state index contributed by atoms with van der Waals surface area (Å²) in [5, 5.41) is 21.6. The van der Waals surface area contributed by atoms with Crippen molar-refractivity contribution in [1.29, 1.82) is 0 Å². The summed E-state index contributed by atoms with van der Waals surface area (Å²) in [4.78, 5) is 53.0. The number of aromatic nitrogens is 3. The predicted molar refractivity (Wildman–Crippen MR) is 134 cm³/mol. The zero-order valence-electron chi connectivity index (χ0n) is 20.1. The molecule has 0 unspecified atom stereocenters. The number of benzene rings is 2. The number of rotatable bonds is 7. The fraction of sp³-hybridized carbons (Fsp3) is 0.154. The van der Waals surface area contributed by atoms with Gasteiger partial charge in [0.05, 0.1) is 17.4 Å². The molecule has 38 heavy (non-hydrogen) atoms. The average molecular weight is 514 g/mol. The van der Waals surface area contributed by atoms with Gasteiger partial charge >= 0.3 is 5.97 Å². The molecule has 4 N–H and O–H groups in total. The Balaban J connectivity index is 1.30. The zero-order chi connectivity index (χ0) is 26.8. The minimum Gasteiger partial charge on any atom is -0.482 e. The third kappa shape index (κ3) is 5.00. The minimum absolute atomic E-state index is 0.0238. The van der Waals surface area contributed by atoms with Crippen molar-refractivity contribution in [1.82, 2.24) is 25.2 Å². The highest BCUT2D eigenvalue weighted by Crippen LogP contribution is 2.28. The van der Waals surface area contributed by atoms with E-state index in [-0.39, 0.29) is 42.6 Å². The van der Waals surface area contributed by atoms with Crippen molar-refractivity contribution in [2.45, 2.75) is 20.0 Å². The van der Waals surface area contributed by atoms with Crippen molar-refractivity contribution in [3.05, 3.63) is 88.4 Å². The van der Waals surface area contributed by atoms with E-state index in [0.717, 1.165) is 11.1 Å². The maximum absolute atomic E-state index is 13.1. The Morgan fingerprint density at radius 3 is 2.53 bits per heavy atom. The van der Waals surface area contributed by atoms with Crippen LogP contribution in [0.2, 0.25) is 0 Å². The van der Waals surface area contributed by atoms with E-state index in [0.29, 0.717) is 22.6 Å². The Labute approximate surface area is 215 Å². The second kappa shape index (κ2) is 10.0. The van der Waals surface area contributed by atoms with Crippen molar-refractivity contribution in [3.8, 4) is 5.75 Å². The van der Waals surface area contributed by atoms with Crippen molar-refractivity contribution in [3.63, 3.8) is 0 Å². The molecule has 0 aliphatic carbocycles. The van der Waals surface area contributed by atoms with Crippen LogP contribution in [0, 0.1) is 6.92 Å². The first-order valence-electron chi connectivity index (χ1n) is 11.6. The number of nitrogens with zero attached hydrogens (tertiary/aromatic N) is 3. The largest absolute Gasteiger partial charge is 0.482 e. The highest BCUT2D eigenvalue weighted by atomic mass is 16.5. The standard InChI is InChI=1S/C26H22N6O6/c1-14-8-15(2-4-17(14)26(36)37)11-27-24(34)19-10-20(32-22(30-19)6-7-29-32)25(35)28-12-16-3-5-21-18(9-16)31-23(33)13-38-21/h2-10H,11-13H2,1H3,(H,27,34)(H,28,35)(H,31,33)(H,36,37). The summed E-state index contributed by atoms with van der Waals surface area (Å²) >= 11 is 0. The number of nitrogens with one attached hydrogen (secondary N) is 3. The molecule has 2 aromatic heterocycles. The van der Waals surface area contributed by atoms with Gasteiger partial charge in [-0.3, -0.25) is 14.4 Å². The summed E-state index contributed by atoms with van der Waals surface area (Å²) in [5.41, 5.74) is 3.20.